The molecule has 0 saturated carbocycles. The van der Waals surface area contributed by atoms with Gasteiger partial charge in [0.25, 0.3) is 0 Å². The van der Waals surface area contributed by atoms with E-state index in [4.69, 9.17) is 0 Å². The monoisotopic (exact) mass is 296 g/mol. The predicted octanol–water partition coefficient (Wildman–Crippen LogP) is 1.50. The van der Waals surface area contributed by atoms with Gasteiger partial charge in [0, 0.05) is 21.1 Å². The van der Waals surface area contributed by atoms with Crippen molar-refractivity contribution >= 4 is 11.3 Å². The summed E-state index contributed by atoms with van der Waals surface area (Å²) in [5.74, 6) is 0. The molecular formula is C5H6NSW-. The van der Waals surface area contributed by atoms with Crippen molar-refractivity contribution in [3.8, 4) is 0 Å². The Morgan fingerprint density at radius 1 is 1.88 bits per heavy atom. The first kappa shape index (κ1) is 8.32. The second-order valence-corrected chi connectivity index (χ2v) is 1.94. The Balaban J connectivity index is 0.000000490. The smallest absolute Gasteiger partial charge is 0 e. The van der Waals surface area contributed by atoms with Crippen molar-refractivity contribution in [2.75, 3.05) is 0 Å². The van der Waals surface area contributed by atoms with E-state index in [0.29, 0.717) is 0 Å². The van der Waals surface area contributed by atoms with Crippen molar-refractivity contribution in [2.45, 2.75) is 13.3 Å². The molecule has 1 aromatic heterocycles. The molecule has 0 aliphatic heterocycles. The van der Waals surface area contributed by atoms with Crippen LogP contribution in [0.15, 0.2) is 5.38 Å². The number of aromatic nitrogens is 1. The maximum atomic E-state index is 3.93. The van der Waals surface area contributed by atoms with Gasteiger partial charge in [0.2, 0.25) is 0 Å². The second kappa shape index (κ2) is 4.22. The minimum absolute atomic E-state index is 0. The number of hydrogen-bond acceptors (Lipinski definition) is 2. The minimum atomic E-state index is 0. The second-order valence-electron chi connectivity index (χ2n) is 1.28. The van der Waals surface area contributed by atoms with Gasteiger partial charge >= 0.3 is 0 Å². The third-order valence-electron chi connectivity index (χ3n) is 0.799. The van der Waals surface area contributed by atoms with Gasteiger partial charge in [-0.2, -0.15) is 0 Å². The van der Waals surface area contributed by atoms with Gasteiger partial charge in [-0.25, -0.2) is 0 Å². The molecule has 0 bridgehead atoms. The van der Waals surface area contributed by atoms with Gasteiger partial charge in [0.05, 0.1) is 0 Å². The van der Waals surface area contributed by atoms with Crippen molar-refractivity contribution in [3.63, 3.8) is 0 Å². The normalized spacial score (nSPS) is 8.12. The molecule has 0 saturated heterocycles. The Morgan fingerprint density at radius 3 is 2.88 bits per heavy atom. The molecule has 0 aliphatic carbocycles. The fourth-order valence-electron chi connectivity index (χ4n) is 0.368. The van der Waals surface area contributed by atoms with Crippen LogP contribution in [-0.4, -0.2) is 4.98 Å². The summed E-state index contributed by atoms with van der Waals surface area (Å²) in [7, 11) is 0. The molecule has 0 amide bonds. The Hall–Kier alpha value is 0.318. The zero-order valence-electron chi connectivity index (χ0n) is 4.55. The van der Waals surface area contributed by atoms with Crippen molar-refractivity contribution in [3.05, 3.63) is 16.6 Å². The summed E-state index contributed by atoms with van der Waals surface area (Å²) in [6.07, 6.45) is 1.03. The molecule has 8 heavy (non-hydrogen) atoms. The van der Waals surface area contributed by atoms with Crippen LogP contribution in [0, 0.1) is 5.51 Å². The molecule has 1 heterocycles. The third-order valence-corrected chi connectivity index (χ3v) is 1.39. The van der Waals surface area contributed by atoms with E-state index in [2.05, 4.69) is 17.4 Å². The van der Waals surface area contributed by atoms with Gasteiger partial charge < -0.3 is 4.98 Å². The first-order valence-corrected chi connectivity index (χ1v) is 3.12. The summed E-state index contributed by atoms with van der Waals surface area (Å²) in [6.45, 7) is 2.09. The minimum Gasteiger partial charge on any atom is -0.391 e. The average Bonchev–Trinajstić information content (AvgIpc) is 2.14. The zero-order valence-corrected chi connectivity index (χ0v) is 8.30. The molecule has 0 N–H and O–H groups in total. The largest absolute Gasteiger partial charge is 0.391 e. The molecular weight excluding hydrogens is 290 g/mol. The number of thiazole rings is 1. The van der Waals surface area contributed by atoms with Crippen LogP contribution in [-0.2, 0) is 27.5 Å². The van der Waals surface area contributed by atoms with Crippen LogP contribution in [0.3, 0.4) is 0 Å². The SMILES string of the molecule is CCc1cs[c-]n1.[W]. The summed E-state index contributed by atoms with van der Waals surface area (Å²) in [6, 6.07) is 0. The van der Waals surface area contributed by atoms with Crippen LogP contribution < -0.4 is 0 Å². The van der Waals surface area contributed by atoms with Crippen molar-refractivity contribution in [2.24, 2.45) is 0 Å². The first-order chi connectivity index (χ1) is 3.43. The average molecular weight is 296 g/mol. The van der Waals surface area contributed by atoms with Crippen LogP contribution in [0.1, 0.15) is 12.6 Å². The molecule has 0 radical (unpaired) electrons. The van der Waals surface area contributed by atoms with E-state index in [1.807, 2.05) is 5.38 Å². The molecule has 0 aliphatic rings. The van der Waals surface area contributed by atoms with Gasteiger partial charge in [-0.3, -0.25) is 11.3 Å². The van der Waals surface area contributed by atoms with Gasteiger partial charge in [-0.15, -0.1) is 11.1 Å². The Morgan fingerprint density at radius 2 is 2.62 bits per heavy atom. The summed E-state index contributed by atoms with van der Waals surface area (Å²) >= 11 is 1.53. The van der Waals surface area contributed by atoms with Gasteiger partial charge in [-0.1, -0.05) is 13.3 Å². The molecule has 3 heteroatoms. The van der Waals surface area contributed by atoms with Crippen LogP contribution in [0.25, 0.3) is 0 Å². The fraction of sp³-hybridized carbons (Fsp3) is 0.400. The number of nitrogens with zero attached hydrogens (tertiary/aromatic N) is 1. The zero-order chi connectivity index (χ0) is 5.11. The molecule has 0 spiro atoms. The fourth-order valence-corrected chi connectivity index (χ4v) is 0.946. The van der Waals surface area contributed by atoms with E-state index < -0.39 is 0 Å². The number of hydrogen-bond donors (Lipinski definition) is 0. The van der Waals surface area contributed by atoms with E-state index in [9.17, 15) is 0 Å². The first-order valence-electron chi connectivity index (χ1n) is 2.24. The Labute approximate surface area is 67.4 Å². The van der Waals surface area contributed by atoms with Crippen LogP contribution in [0.2, 0.25) is 0 Å². The molecule has 0 unspecified atom stereocenters. The maximum absolute atomic E-state index is 3.93. The van der Waals surface area contributed by atoms with E-state index in [0.717, 1.165) is 12.1 Å². The summed E-state index contributed by atoms with van der Waals surface area (Å²) in [5.41, 5.74) is 3.92. The van der Waals surface area contributed by atoms with E-state index >= 15 is 0 Å². The quantitative estimate of drug-likeness (QED) is 0.716. The summed E-state index contributed by atoms with van der Waals surface area (Å²) in [4.78, 5) is 3.93. The summed E-state index contributed by atoms with van der Waals surface area (Å²) in [5, 5.41) is 2.01. The summed E-state index contributed by atoms with van der Waals surface area (Å²) < 4.78 is 0. The molecule has 1 rings (SSSR count). The molecule has 1 nitrogen and oxygen atoms in total. The van der Waals surface area contributed by atoms with Gasteiger partial charge in [-0.05, 0) is 5.51 Å². The maximum Gasteiger partial charge on any atom is 0 e. The molecule has 44 valence electrons. The van der Waals surface area contributed by atoms with E-state index in [1.54, 1.807) is 0 Å². The van der Waals surface area contributed by atoms with Crippen LogP contribution in [0.5, 0.6) is 0 Å². The van der Waals surface area contributed by atoms with E-state index in [-0.39, 0.29) is 21.1 Å². The standard InChI is InChI=1S/C5H6NS.W/c1-2-5-3-7-4-6-5;/h3H,2H2,1H3;/q-1;. The Bertz CT molecular complexity index is 127. The number of aryl methyl sites for hydroxylation is 1. The predicted molar refractivity (Wildman–Crippen MR) is 30.3 cm³/mol. The topological polar surface area (TPSA) is 12.9 Å². The van der Waals surface area contributed by atoms with Crippen molar-refractivity contribution < 1.29 is 21.1 Å². The van der Waals surface area contributed by atoms with Crippen LogP contribution in [0.4, 0.5) is 0 Å². The molecule has 1 aromatic rings. The van der Waals surface area contributed by atoms with Crippen LogP contribution >= 0.6 is 11.3 Å². The van der Waals surface area contributed by atoms with Gasteiger partial charge in [0.1, 0.15) is 0 Å². The number of rotatable bonds is 1. The van der Waals surface area contributed by atoms with Gasteiger partial charge in [0.15, 0.2) is 0 Å². The van der Waals surface area contributed by atoms with E-state index in [1.165, 1.54) is 11.3 Å². The Kier molecular flexibility index (Phi) is 4.39. The molecule has 0 atom stereocenters. The van der Waals surface area contributed by atoms with Crippen molar-refractivity contribution in [1.82, 2.24) is 4.98 Å². The molecule has 0 aromatic carbocycles. The molecule has 0 fully saturated rings. The van der Waals surface area contributed by atoms with Crippen molar-refractivity contribution in [1.29, 1.82) is 0 Å². The third kappa shape index (κ3) is 2.06.